The van der Waals surface area contributed by atoms with Gasteiger partial charge >= 0.3 is 0 Å². The molecule has 0 fully saturated rings. The van der Waals surface area contributed by atoms with E-state index in [2.05, 4.69) is 4.98 Å². The maximum atomic E-state index is 13.1. The van der Waals surface area contributed by atoms with Crippen molar-refractivity contribution in [3.8, 4) is 0 Å². The van der Waals surface area contributed by atoms with Crippen LogP contribution in [0.15, 0.2) is 18.2 Å². The summed E-state index contributed by atoms with van der Waals surface area (Å²) in [6.07, 6.45) is 0.691. The number of halogens is 1. The zero-order valence-corrected chi connectivity index (χ0v) is 9.98. The fourth-order valence-corrected chi connectivity index (χ4v) is 1.89. The quantitative estimate of drug-likeness (QED) is 0.881. The lowest BCUT2D eigenvalue weighted by Gasteiger charge is -2.10. The third-order valence-electron chi connectivity index (χ3n) is 2.84. The summed E-state index contributed by atoms with van der Waals surface area (Å²) in [4.78, 5) is 4.42. The van der Waals surface area contributed by atoms with E-state index in [0.29, 0.717) is 13.0 Å². The second kappa shape index (κ2) is 4.81. The van der Waals surface area contributed by atoms with Gasteiger partial charge in [0.2, 0.25) is 0 Å². The fraction of sp³-hybridized carbons (Fsp3) is 0.417. The first-order valence-corrected chi connectivity index (χ1v) is 5.50. The lowest BCUT2D eigenvalue weighted by Crippen LogP contribution is -2.17. The van der Waals surface area contributed by atoms with Crippen LogP contribution >= 0.6 is 0 Å². The summed E-state index contributed by atoms with van der Waals surface area (Å²) in [6, 6.07) is 4.33. The van der Waals surface area contributed by atoms with Gasteiger partial charge in [0.05, 0.1) is 17.1 Å². The number of rotatable bonds is 4. The molecule has 0 bridgehead atoms. The van der Waals surface area contributed by atoms with Gasteiger partial charge in [-0.2, -0.15) is 0 Å². The van der Waals surface area contributed by atoms with Gasteiger partial charge in [0.25, 0.3) is 0 Å². The zero-order chi connectivity index (χ0) is 12.4. The molecule has 0 radical (unpaired) electrons. The predicted octanol–water partition coefficient (Wildman–Crippen LogP) is 1.75. The summed E-state index contributed by atoms with van der Waals surface area (Å²) >= 11 is 0. The molecule has 0 aliphatic rings. The van der Waals surface area contributed by atoms with E-state index in [1.165, 1.54) is 12.1 Å². The van der Waals surface area contributed by atoms with Crippen LogP contribution in [-0.2, 0) is 11.8 Å². The molecule has 5 heteroatoms. The van der Waals surface area contributed by atoms with Gasteiger partial charge < -0.3 is 15.0 Å². The molecular formula is C12H16FN3O. The van der Waals surface area contributed by atoms with Gasteiger partial charge in [-0.25, -0.2) is 9.37 Å². The topological polar surface area (TPSA) is 53.1 Å². The molecule has 2 N–H and O–H groups in total. The van der Waals surface area contributed by atoms with Gasteiger partial charge in [-0.05, 0) is 24.6 Å². The Morgan fingerprint density at radius 3 is 3.00 bits per heavy atom. The van der Waals surface area contributed by atoms with Crippen molar-refractivity contribution < 1.29 is 9.13 Å². The number of hydrogen-bond donors (Lipinski definition) is 1. The van der Waals surface area contributed by atoms with Crippen molar-refractivity contribution in [1.29, 1.82) is 0 Å². The second-order valence-electron chi connectivity index (χ2n) is 4.05. The van der Waals surface area contributed by atoms with E-state index in [1.54, 1.807) is 13.2 Å². The fourth-order valence-electron chi connectivity index (χ4n) is 1.89. The molecule has 0 saturated heterocycles. The molecule has 4 nitrogen and oxygen atoms in total. The molecule has 17 heavy (non-hydrogen) atoms. The highest BCUT2D eigenvalue weighted by molar-refractivity contribution is 5.76. The summed E-state index contributed by atoms with van der Waals surface area (Å²) < 4.78 is 20.0. The highest BCUT2D eigenvalue weighted by Gasteiger charge is 2.14. The maximum absolute atomic E-state index is 13.1. The first kappa shape index (κ1) is 12.0. The summed E-state index contributed by atoms with van der Waals surface area (Å²) in [7, 11) is 3.48. The summed E-state index contributed by atoms with van der Waals surface area (Å²) in [6.45, 7) is 0.582. The monoisotopic (exact) mass is 237 g/mol. The summed E-state index contributed by atoms with van der Waals surface area (Å²) in [5.41, 5.74) is 7.54. The van der Waals surface area contributed by atoms with Crippen molar-refractivity contribution >= 4 is 11.0 Å². The van der Waals surface area contributed by atoms with Crippen LogP contribution in [0.3, 0.4) is 0 Å². The molecule has 1 heterocycles. The van der Waals surface area contributed by atoms with E-state index < -0.39 is 0 Å². The molecular weight excluding hydrogens is 221 g/mol. The number of ether oxygens (including phenoxy) is 1. The van der Waals surface area contributed by atoms with Crippen molar-refractivity contribution in [2.24, 2.45) is 12.8 Å². The number of nitrogens with zero attached hydrogens (tertiary/aromatic N) is 2. The Kier molecular flexibility index (Phi) is 3.40. The summed E-state index contributed by atoms with van der Waals surface area (Å²) in [5.74, 6) is 0.486. The Balaban J connectivity index is 2.38. The smallest absolute Gasteiger partial charge is 0.126 e. The van der Waals surface area contributed by atoms with Crippen molar-refractivity contribution in [3.05, 3.63) is 29.8 Å². The minimum absolute atomic E-state index is 0.199. The normalized spacial score (nSPS) is 13.2. The number of benzene rings is 1. The minimum atomic E-state index is -0.266. The van der Waals surface area contributed by atoms with Crippen LogP contribution in [-0.4, -0.2) is 23.3 Å². The average molecular weight is 237 g/mol. The number of hydrogen-bond acceptors (Lipinski definition) is 3. The molecule has 2 aromatic rings. The lowest BCUT2D eigenvalue weighted by molar-refractivity contribution is 0.187. The Morgan fingerprint density at radius 1 is 1.53 bits per heavy atom. The van der Waals surface area contributed by atoms with Crippen LogP contribution in [0, 0.1) is 5.82 Å². The molecule has 0 amide bonds. The molecule has 1 aromatic carbocycles. The largest absolute Gasteiger partial charge is 0.385 e. The molecule has 0 spiro atoms. The number of imidazole rings is 1. The molecule has 92 valence electrons. The van der Waals surface area contributed by atoms with Crippen LogP contribution in [0.2, 0.25) is 0 Å². The molecule has 0 aliphatic carbocycles. The minimum Gasteiger partial charge on any atom is -0.385 e. The van der Waals surface area contributed by atoms with Gasteiger partial charge in [-0.1, -0.05) is 0 Å². The van der Waals surface area contributed by atoms with Crippen LogP contribution in [0.25, 0.3) is 11.0 Å². The van der Waals surface area contributed by atoms with Crippen molar-refractivity contribution in [3.63, 3.8) is 0 Å². The van der Waals surface area contributed by atoms with E-state index in [4.69, 9.17) is 10.5 Å². The first-order chi connectivity index (χ1) is 8.13. The van der Waals surface area contributed by atoms with Gasteiger partial charge in [0, 0.05) is 20.8 Å². The van der Waals surface area contributed by atoms with E-state index in [9.17, 15) is 4.39 Å². The number of methoxy groups -OCH3 is 1. The van der Waals surface area contributed by atoms with Crippen molar-refractivity contribution in [2.45, 2.75) is 12.5 Å². The first-order valence-electron chi connectivity index (χ1n) is 5.50. The Morgan fingerprint density at radius 2 is 2.29 bits per heavy atom. The number of aryl methyl sites for hydroxylation is 1. The van der Waals surface area contributed by atoms with Gasteiger partial charge in [0.1, 0.15) is 11.6 Å². The predicted molar refractivity (Wildman–Crippen MR) is 64.1 cm³/mol. The van der Waals surface area contributed by atoms with Crippen LogP contribution in [0.5, 0.6) is 0 Å². The lowest BCUT2D eigenvalue weighted by atomic mass is 10.2. The van der Waals surface area contributed by atoms with Gasteiger partial charge in [-0.3, -0.25) is 0 Å². The number of fused-ring (bicyclic) bond motifs is 1. The zero-order valence-electron chi connectivity index (χ0n) is 9.98. The molecule has 1 atom stereocenters. The summed E-state index contributed by atoms with van der Waals surface area (Å²) in [5, 5.41) is 0. The molecule has 0 saturated carbocycles. The SMILES string of the molecule is COCCC(N)c1nc2ccc(F)cc2n1C. The van der Waals surface area contributed by atoms with Crippen LogP contribution in [0.1, 0.15) is 18.3 Å². The average Bonchev–Trinajstić information content (AvgIpc) is 2.64. The molecule has 1 unspecified atom stereocenters. The molecule has 2 rings (SSSR count). The van der Waals surface area contributed by atoms with Crippen LogP contribution in [0.4, 0.5) is 4.39 Å². The van der Waals surface area contributed by atoms with Gasteiger partial charge in [0.15, 0.2) is 0 Å². The van der Waals surface area contributed by atoms with E-state index in [1.807, 2.05) is 11.6 Å². The maximum Gasteiger partial charge on any atom is 0.126 e. The molecule has 0 aliphatic heterocycles. The standard InChI is InChI=1S/C12H16FN3O/c1-16-11-7-8(13)3-4-10(11)15-12(16)9(14)5-6-17-2/h3-4,7,9H,5-6,14H2,1-2H3. The van der Waals surface area contributed by atoms with E-state index in [0.717, 1.165) is 16.9 Å². The Hall–Kier alpha value is -1.46. The number of aromatic nitrogens is 2. The second-order valence-corrected chi connectivity index (χ2v) is 4.05. The highest BCUT2D eigenvalue weighted by atomic mass is 19.1. The van der Waals surface area contributed by atoms with E-state index >= 15 is 0 Å². The van der Waals surface area contributed by atoms with E-state index in [-0.39, 0.29) is 11.9 Å². The van der Waals surface area contributed by atoms with Gasteiger partial charge in [-0.15, -0.1) is 0 Å². The van der Waals surface area contributed by atoms with Crippen molar-refractivity contribution in [1.82, 2.24) is 9.55 Å². The Bertz CT molecular complexity index is 524. The third kappa shape index (κ3) is 2.30. The Labute approximate surface area is 99.2 Å². The highest BCUT2D eigenvalue weighted by Crippen LogP contribution is 2.20. The number of nitrogens with two attached hydrogens (primary N) is 1. The van der Waals surface area contributed by atoms with Crippen molar-refractivity contribution in [2.75, 3.05) is 13.7 Å². The third-order valence-corrected chi connectivity index (χ3v) is 2.84. The molecule has 1 aromatic heterocycles. The van der Waals surface area contributed by atoms with Crippen LogP contribution < -0.4 is 5.73 Å².